The number of H-pyrrole nitrogens is 1. The maximum Gasteiger partial charge on any atom is 0.407 e. The van der Waals surface area contributed by atoms with Crippen LogP contribution in [-0.4, -0.2) is 49.0 Å². The van der Waals surface area contributed by atoms with Crippen LogP contribution >= 0.6 is 0 Å². The number of fused-ring (bicyclic) bond motifs is 1. The van der Waals surface area contributed by atoms with Gasteiger partial charge in [-0.2, -0.15) is 0 Å². The van der Waals surface area contributed by atoms with E-state index in [1.807, 2.05) is 0 Å². The first-order valence-electron chi connectivity index (χ1n) is 12.6. The number of aryl methyl sites for hydroxylation is 1. The van der Waals surface area contributed by atoms with Gasteiger partial charge in [-0.05, 0) is 50.1 Å². The lowest BCUT2D eigenvalue weighted by atomic mass is 10.0. The summed E-state index contributed by atoms with van der Waals surface area (Å²) >= 11 is 0. The van der Waals surface area contributed by atoms with Crippen LogP contribution in [0.2, 0.25) is 2.82 Å². The predicted octanol–water partition coefficient (Wildman–Crippen LogP) is 1.92. The zero-order valence-electron chi connectivity index (χ0n) is 23.9. The fourth-order valence-corrected chi connectivity index (χ4v) is 2.14. The molecule has 2 N–H and O–H groups in total. The summed E-state index contributed by atoms with van der Waals surface area (Å²) in [7, 11) is 0. The topological polar surface area (TPSA) is 57.4 Å². The summed E-state index contributed by atoms with van der Waals surface area (Å²) in [5, 5.41) is 0.514. The Hall–Kier alpha value is -2.01. The van der Waals surface area contributed by atoms with Crippen molar-refractivity contribution >= 4 is 17.0 Å². The lowest BCUT2D eigenvalue weighted by Crippen LogP contribution is -2.28. The van der Waals surface area contributed by atoms with E-state index in [2.05, 4.69) is 4.74 Å². The molecule has 3 rings (SSSR count). The van der Waals surface area contributed by atoms with Crippen molar-refractivity contribution in [3.63, 3.8) is 0 Å². The molecule has 0 aliphatic carbocycles. The number of nitrogens with zero attached hydrogens (tertiary/aromatic N) is 1. The zero-order chi connectivity index (χ0) is 26.0. The summed E-state index contributed by atoms with van der Waals surface area (Å²) in [6.45, 7) is -12.0. The maximum atomic E-state index is 11.6. The number of carbonyl (C=O) groups is 1. The number of hydrogen-bond donors (Lipinski definition) is 2. The average molecular weight is 300 g/mol. The number of benzene rings is 1. The number of carbonyl (C=O) groups excluding carboxylic acids is 1. The molecule has 0 saturated carbocycles. The van der Waals surface area contributed by atoms with Crippen LogP contribution in [-0.2, 0) is 17.6 Å². The summed E-state index contributed by atoms with van der Waals surface area (Å²) in [6.07, 6.45) is -2.67. The van der Waals surface area contributed by atoms with E-state index in [4.69, 9.17) is 17.9 Å². The Kier molecular flexibility index (Phi) is 1.46. The molecule has 1 aliphatic rings. The quantitative estimate of drug-likeness (QED) is 0.887. The Morgan fingerprint density at radius 2 is 2.57 bits per heavy atom. The molecule has 5 nitrogen and oxygen atoms in total. The molecule has 5 heteroatoms. The smallest absolute Gasteiger partial charge is 0.407 e. The average Bonchev–Trinajstić information content (AvgIpc) is 2.97. The zero-order valence-corrected chi connectivity index (χ0v) is 10.9. The molecule has 0 bridgehead atoms. The minimum atomic E-state index is -3.32. The highest BCUT2D eigenvalue weighted by atomic mass is 16.6. The van der Waals surface area contributed by atoms with Crippen molar-refractivity contribution in [2.45, 2.75) is 18.9 Å². The monoisotopic (exact) mass is 300 g/mol. The van der Waals surface area contributed by atoms with Gasteiger partial charge in [-0.1, -0.05) is 6.07 Å². The molecule has 2 heterocycles. The van der Waals surface area contributed by atoms with Gasteiger partial charge >= 0.3 is 6.09 Å². The highest BCUT2D eigenvalue weighted by Crippen LogP contribution is 2.21. The molecule has 2 aromatic rings. The molecule has 0 spiro atoms. The standard InChI is InChI=1S/C16H21N3O2/c1-19(2)6-5-12-9-17-15-4-3-11(8-14(12)15)7-13-10-21-16(20)18-13/h3-4,8-9,13,17H,5-7,10H2,1-2H3,(H,18,20)/t13-/m0/s1/i1D3,2D3,6D2,9D,10D2/hD2. The second kappa shape index (κ2) is 5.77. The first-order chi connectivity index (χ1) is 15.3. The van der Waals surface area contributed by atoms with Crippen molar-refractivity contribution in [1.82, 2.24) is 15.2 Å². The van der Waals surface area contributed by atoms with E-state index in [-0.39, 0.29) is 27.8 Å². The number of cyclic esters (lactones) is 1. The third kappa shape index (κ3) is 3.19. The van der Waals surface area contributed by atoms with Crippen molar-refractivity contribution in [2.75, 3.05) is 27.0 Å². The molecule has 1 amide bonds. The second-order valence-electron chi connectivity index (χ2n) is 4.56. The third-order valence-corrected chi connectivity index (χ3v) is 3.08. The Morgan fingerprint density at radius 3 is 3.33 bits per heavy atom. The van der Waals surface area contributed by atoms with Gasteiger partial charge in [0.1, 0.15) is 6.56 Å². The summed E-state index contributed by atoms with van der Waals surface area (Å²) in [4.78, 5) is 12.0. The van der Waals surface area contributed by atoms with Gasteiger partial charge < -0.3 is 19.9 Å². The number of alkyl carbamates (subject to hydrolysis) is 1. The van der Waals surface area contributed by atoms with Crippen LogP contribution in [0.25, 0.3) is 10.9 Å². The summed E-state index contributed by atoms with van der Waals surface area (Å²) in [5.41, 5.74) is 0.394. The van der Waals surface area contributed by atoms with Crippen LogP contribution in [0.1, 0.15) is 26.2 Å². The SMILES string of the molecule is [2H]c1c(CC([2H])([2H])N(C([2H])([2H])[2H])C([2H])([2H])[2H])c2cc(C[C@@H]3N([2H])C(=O)OC3([2H])[2H])ccc2n1[2H]. The lowest BCUT2D eigenvalue weighted by molar-refractivity contribution is 0.177. The molecule has 21 heavy (non-hydrogen) atoms. The Labute approximate surface area is 142 Å². The van der Waals surface area contributed by atoms with Gasteiger partial charge in [0.25, 0.3) is 0 Å². The molecular formula is C16H21N3O2. The maximum absolute atomic E-state index is 11.6. The van der Waals surface area contributed by atoms with Crippen molar-refractivity contribution < 1.29 is 27.4 Å². The molecule has 1 fully saturated rings. The normalized spacial score (nSPS) is 32.0. The number of nitrogens with one attached hydrogen (secondary N) is 2. The van der Waals surface area contributed by atoms with Crippen molar-refractivity contribution in [2.24, 2.45) is 0 Å². The van der Waals surface area contributed by atoms with Crippen molar-refractivity contribution in [1.29, 1.82) is 0 Å². The largest absolute Gasteiger partial charge is 0.447 e. The molecule has 112 valence electrons. The van der Waals surface area contributed by atoms with Crippen molar-refractivity contribution in [3.05, 3.63) is 35.5 Å². The van der Waals surface area contributed by atoms with Crippen LogP contribution in [0.5, 0.6) is 0 Å². The lowest BCUT2D eigenvalue weighted by Gasteiger charge is -2.09. The highest BCUT2D eigenvalue weighted by molar-refractivity contribution is 5.84. The first kappa shape index (κ1) is 5.32. The Bertz CT molecular complexity index is 1090. The molecule has 1 aliphatic heterocycles. The van der Waals surface area contributed by atoms with E-state index in [0.717, 1.165) is 0 Å². The number of likely N-dealkylation sites (N-methyl/N-ethyl adjacent to an activating group) is 1. The van der Waals surface area contributed by atoms with Gasteiger partial charge in [0.05, 0.1) is 10.2 Å². The van der Waals surface area contributed by atoms with Crippen LogP contribution < -0.4 is 5.31 Å². The van der Waals surface area contributed by atoms with E-state index >= 15 is 0 Å². The van der Waals surface area contributed by atoms with Gasteiger partial charge in [0.2, 0.25) is 0 Å². The molecular weight excluding hydrogens is 266 g/mol. The highest BCUT2D eigenvalue weighted by Gasteiger charge is 2.22. The number of ether oxygens (including phenoxy) is 1. The van der Waals surface area contributed by atoms with E-state index in [9.17, 15) is 4.79 Å². The van der Waals surface area contributed by atoms with E-state index in [1.165, 1.54) is 18.2 Å². The van der Waals surface area contributed by atoms with Crippen molar-refractivity contribution in [3.8, 4) is 0 Å². The number of rotatable bonds is 5. The number of amides is 1. The third-order valence-electron chi connectivity index (χ3n) is 3.08. The van der Waals surface area contributed by atoms with E-state index in [1.54, 1.807) is 0 Å². The number of hydrogen-bond acceptors (Lipinski definition) is 3. The fourth-order valence-electron chi connectivity index (χ4n) is 2.14. The fraction of sp³-hybridized carbons (Fsp3) is 0.438. The summed E-state index contributed by atoms with van der Waals surface area (Å²) < 4.78 is 106. The van der Waals surface area contributed by atoms with Crippen LogP contribution in [0, 0.1) is 0 Å². The number of aromatic nitrogens is 1. The van der Waals surface area contributed by atoms with E-state index in [0.29, 0.717) is 15.9 Å². The number of aromatic amines is 1. The minimum absolute atomic E-state index is 0.125. The predicted molar refractivity (Wildman–Crippen MR) is 82.5 cm³/mol. The molecule has 1 atom stereocenters. The van der Waals surface area contributed by atoms with Crippen LogP contribution in [0.3, 0.4) is 0 Å². The van der Waals surface area contributed by atoms with Crippen LogP contribution in [0.15, 0.2) is 24.4 Å². The van der Waals surface area contributed by atoms with Gasteiger partial charge in [-0.3, -0.25) is 0 Å². The van der Waals surface area contributed by atoms with Gasteiger partial charge in [0, 0.05) is 34.5 Å². The molecule has 0 unspecified atom stereocenters. The summed E-state index contributed by atoms with van der Waals surface area (Å²) in [6, 6.07) is 2.99. The second-order valence-corrected chi connectivity index (χ2v) is 4.56. The minimum Gasteiger partial charge on any atom is -0.447 e. The molecule has 1 aromatic heterocycles. The van der Waals surface area contributed by atoms with Gasteiger partial charge in [-0.15, -0.1) is 0 Å². The Balaban J connectivity index is 2.05. The first-order valence-corrected chi connectivity index (χ1v) is 6.21. The van der Waals surface area contributed by atoms with Crippen LogP contribution in [0.4, 0.5) is 4.79 Å². The molecule has 0 radical (unpaired) electrons. The molecule has 1 aromatic carbocycles. The Morgan fingerprint density at radius 1 is 1.67 bits per heavy atom. The van der Waals surface area contributed by atoms with Gasteiger partial charge in [-0.25, -0.2) is 4.79 Å². The van der Waals surface area contributed by atoms with E-state index < -0.39 is 51.7 Å². The molecule has 1 saturated heterocycles. The van der Waals surface area contributed by atoms with Gasteiger partial charge in [0.15, 0.2) is 2.82 Å². The summed E-state index contributed by atoms with van der Waals surface area (Å²) in [5.74, 6) is 0.